The van der Waals surface area contributed by atoms with Gasteiger partial charge in [0.05, 0.1) is 17.6 Å². The maximum atomic E-state index is 13.6. The van der Waals surface area contributed by atoms with Crippen molar-refractivity contribution < 1.29 is 4.79 Å². The minimum Gasteiger partial charge on any atom is -0.366 e. The molecule has 1 amide bonds. The van der Waals surface area contributed by atoms with Crippen LogP contribution in [0, 0.1) is 6.92 Å². The van der Waals surface area contributed by atoms with Crippen LogP contribution in [-0.2, 0) is 17.0 Å². The van der Waals surface area contributed by atoms with Crippen molar-refractivity contribution in [3.05, 3.63) is 105 Å². The number of piperazine rings is 1. The summed E-state index contributed by atoms with van der Waals surface area (Å²) in [4.78, 5) is 32.6. The highest BCUT2D eigenvalue weighted by Crippen LogP contribution is 2.31. The first-order valence-corrected chi connectivity index (χ1v) is 14.4. The highest BCUT2D eigenvalue weighted by Gasteiger charge is 2.25. The zero-order chi connectivity index (χ0) is 25.6. The van der Waals surface area contributed by atoms with Crippen LogP contribution in [0.3, 0.4) is 0 Å². The monoisotopic (exact) mass is 530 g/mol. The third kappa shape index (κ3) is 5.97. The second-order valence-corrected chi connectivity index (χ2v) is 11.1. The lowest BCUT2D eigenvalue weighted by atomic mass is 10.0. The van der Waals surface area contributed by atoms with Crippen molar-refractivity contribution in [2.45, 2.75) is 30.4 Å². The molecule has 190 valence electrons. The molecule has 5 rings (SSSR count). The maximum absolute atomic E-state index is 13.6. The number of carbonyl (C=O) groups is 1. The molecule has 1 saturated heterocycles. The van der Waals surface area contributed by atoms with E-state index in [2.05, 4.69) is 40.5 Å². The zero-order valence-corrected chi connectivity index (χ0v) is 22.5. The molecule has 2 aromatic heterocycles. The molecule has 0 radical (unpaired) electrons. The van der Waals surface area contributed by atoms with Gasteiger partial charge >= 0.3 is 0 Å². The third-order valence-electron chi connectivity index (χ3n) is 6.70. The van der Waals surface area contributed by atoms with Gasteiger partial charge in [-0.05, 0) is 48.1 Å². The minimum absolute atomic E-state index is 0.109. The number of nitrogens with zero attached hydrogens (tertiary/aromatic N) is 4. The Kier molecular flexibility index (Phi) is 8.06. The van der Waals surface area contributed by atoms with Crippen LogP contribution in [-0.4, -0.2) is 46.8 Å². The summed E-state index contributed by atoms with van der Waals surface area (Å²) in [6.45, 7) is 4.73. The van der Waals surface area contributed by atoms with Gasteiger partial charge in [0.2, 0.25) is 5.91 Å². The number of hydrogen-bond acceptors (Lipinski definition) is 6. The number of rotatable bonds is 8. The van der Waals surface area contributed by atoms with Gasteiger partial charge in [-0.2, -0.15) is 9.78 Å². The SMILES string of the molecule is Cc1ccccc1CCC(=O)N1CCN(c2cnn(-c3ccccc3)c(=O)c2SCc2cccs2)CC1. The summed E-state index contributed by atoms with van der Waals surface area (Å²) >= 11 is 3.26. The second-order valence-electron chi connectivity index (χ2n) is 9.07. The first-order valence-electron chi connectivity index (χ1n) is 12.5. The highest BCUT2D eigenvalue weighted by molar-refractivity contribution is 7.98. The molecule has 1 fully saturated rings. The summed E-state index contributed by atoms with van der Waals surface area (Å²) in [6, 6.07) is 21.9. The molecule has 8 heteroatoms. The number of thiophene rings is 1. The normalized spacial score (nSPS) is 13.6. The fourth-order valence-corrected chi connectivity index (χ4v) is 6.43. The summed E-state index contributed by atoms with van der Waals surface area (Å²) in [7, 11) is 0. The van der Waals surface area contributed by atoms with Gasteiger partial charge in [-0.3, -0.25) is 9.59 Å². The highest BCUT2D eigenvalue weighted by atomic mass is 32.2. The van der Waals surface area contributed by atoms with Gasteiger partial charge in [0.25, 0.3) is 5.56 Å². The summed E-state index contributed by atoms with van der Waals surface area (Å²) < 4.78 is 1.48. The zero-order valence-electron chi connectivity index (χ0n) is 20.9. The standard InChI is InChI=1S/C29H30N4O2S2/c1-22-8-5-6-9-23(22)13-14-27(34)32-17-15-31(16-18-32)26-20-30-33(24-10-3-2-4-11-24)29(35)28(26)37-21-25-12-7-19-36-25/h2-12,19-20H,13-18,21H2,1H3. The first kappa shape index (κ1) is 25.3. The minimum atomic E-state index is -0.109. The quantitative estimate of drug-likeness (QED) is 0.294. The van der Waals surface area contributed by atoms with Crippen LogP contribution in [0.1, 0.15) is 22.4 Å². The van der Waals surface area contributed by atoms with Crippen molar-refractivity contribution in [1.29, 1.82) is 0 Å². The van der Waals surface area contributed by atoms with Gasteiger partial charge in [0.15, 0.2) is 0 Å². The number of carbonyl (C=O) groups excluding carboxylic acids is 1. The van der Waals surface area contributed by atoms with Crippen LogP contribution >= 0.6 is 23.1 Å². The van der Waals surface area contributed by atoms with Crippen LogP contribution in [0.25, 0.3) is 5.69 Å². The second kappa shape index (κ2) is 11.8. The van der Waals surface area contributed by atoms with Crippen molar-refractivity contribution >= 4 is 34.7 Å². The van der Waals surface area contributed by atoms with Gasteiger partial charge in [0.1, 0.15) is 4.90 Å². The fourth-order valence-electron chi connectivity index (χ4n) is 4.57. The molecular formula is C29H30N4O2S2. The Morgan fingerprint density at radius 3 is 2.46 bits per heavy atom. The molecule has 0 N–H and O–H groups in total. The van der Waals surface area contributed by atoms with Crippen LogP contribution in [0.4, 0.5) is 5.69 Å². The van der Waals surface area contributed by atoms with E-state index in [1.54, 1.807) is 29.3 Å². The number of anilines is 1. The van der Waals surface area contributed by atoms with E-state index in [4.69, 9.17) is 0 Å². The predicted molar refractivity (Wildman–Crippen MR) is 152 cm³/mol. The van der Waals surface area contributed by atoms with Gasteiger partial charge in [-0.1, -0.05) is 48.5 Å². The summed E-state index contributed by atoms with van der Waals surface area (Å²) in [6.07, 6.45) is 3.08. The van der Waals surface area contributed by atoms with E-state index in [9.17, 15) is 9.59 Å². The Morgan fingerprint density at radius 2 is 1.73 bits per heavy atom. The number of amides is 1. The smallest absolute Gasteiger partial charge is 0.287 e. The van der Waals surface area contributed by atoms with Crippen molar-refractivity contribution in [1.82, 2.24) is 14.7 Å². The fraction of sp³-hybridized carbons (Fsp3) is 0.276. The predicted octanol–water partition coefficient (Wildman–Crippen LogP) is 5.18. The molecule has 1 aliphatic rings. The average Bonchev–Trinajstić information content (AvgIpc) is 3.46. The molecule has 6 nitrogen and oxygen atoms in total. The number of thioether (sulfide) groups is 1. The summed E-state index contributed by atoms with van der Waals surface area (Å²) in [5.41, 5.74) is 3.95. The lowest BCUT2D eigenvalue weighted by Crippen LogP contribution is -2.49. The number of para-hydroxylation sites is 1. The number of aryl methyl sites for hydroxylation is 2. The van der Waals surface area contributed by atoms with E-state index in [0.717, 1.165) is 23.5 Å². The number of aromatic nitrogens is 2. The molecule has 0 atom stereocenters. The summed E-state index contributed by atoms with van der Waals surface area (Å²) in [5, 5.41) is 6.58. The Morgan fingerprint density at radius 1 is 0.973 bits per heavy atom. The van der Waals surface area contributed by atoms with Gasteiger partial charge < -0.3 is 9.80 Å². The Balaban J connectivity index is 1.30. The van der Waals surface area contributed by atoms with E-state index < -0.39 is 0 Å². The molecule has 1 aliphatic heterocycles. The van der Waals surface area contributed by atoms with E-state index in [0.29, 0.717) is 37.5 Å². The first-order chi connectivity index (χ1) is 18.1. The molecule has 4 aromatic rings. The third-order valence-corrected chi connectivity index (χ3v) is 8.88. The van der Waals surface area contributed by atoms with Crippen LogP contribution < -0.4 is 10.5 Å². The molecule has 0 spiro atoms. The maximum Gasteiger partial charge on any atom is 0.287 e. The Hall–Kier alpha value is -3.36. The number of benzene rings is 2. The van der Waals surface area contributed by atoms with Crippen LogP contribution in [0.15, 0.2) is 88.0 Å². The molecular weight excluding hydrogens is 500 g/mol. The largest absolute Gasteiger partial charge is 0.366 e. The van der Waals surface area contributed by atoms with Crippen molar-refractivity contribution in [3.63, 3.8) is 0 Å². The van der Waals surface area contributed by atoms with E-state index in [1.807, 2.05) is 53.4 Å². The molecule has 0 aliphatic carbocycles. The molecule has 3 heterocycles. The van der Waals surface area contributed by atoms with Crippen molar-refractivity contribution in [2.24, 2.45) is 0 Å². The topological polar surface area (TPSA) is 58.4 Å². The van der Waals surface area contributed by atoms with Crippen LogP contribution in [0.2, 0.25) is 0 Å². The number of hydrogen-bond donors (Lipinski definition) is 0. The van der Waals surface area contributed by atoms with E-state index in [1.165, 1.54) is 20.7 Å². The summed E-state index contributed by atoms with van der Waals surface area (Å²) in [5.74, 6) is 0.920. The van der Waals surface area contributed by atoms with E-state index >= 15 is 0 Å². The Bertz CT molecular complexity index is 1400. The van der Waals surface area contributed by atoms with Crippen molar-refractivity contribution in [2.75, 3.05) is 31.1 Å². The Labute approximate surface area is 225 Å². The lowest BCUT2D eigenvalue weighted by Gasteiger charge is -2.36. The van der Waals surface area contributed by atoms with Crippen molar-refractivity contribution in [3.8, 4) is 5.69 Å². The molecule has 0 bridgehead atoms. The van der Waals surface area contributed by atoms with E-state index in [-0.39, 0.29) is 11.5 Å². The van der Waals surface area contributed by atoms with Gasteiger partial charge in [0, 0.05) is 43.2 Å². The van der Waals surface area contributed by atoms with Gasteiger partial charge in [-0.25, -0.2) is 0 Å². The van der Waals surface area contributed by atoms with Gasteiger partial charge in [-0.15, -0.1) is 23.1 Å². The average molecular weight is 531 g/mol. The molecule has 0 saturated carbocycles. The molecule has 0 unspecified atom stereocenters. The lowest BCUT2D eigenvalue weighted by molar-refractivity contribution is -0.131. The molecule has 37 heavy (non-hydrogen) atoms. The van der Waals surface area contributed by atoms with Crippen LogP contribution in [0.5, 0.6) is 0 Å². The molecule has 2 aromatic carbocycles.